The zero-order valence-electron chi connectivity index (χ0n) is 9.35. The van der Waals surface area contributed by atoms with Crippen molar-refractivity contribution in [1.29, 1.82) is 0 Å². The molecule has 0 bridgehead atoms. The SMILES string of the molecule is Cc1cccc(C2COCCC2C(=O)O)c1. The summed E-state index contributed by atoms with van der Waals surface area (Å²) in [6.07, 6.45) is 0.605. The second-order valence-corrected chi connectivity index (χ2v) is 4.33. The predicted molar refractivity (Wildman–Crippen MR) is 60.5 cm³/mol. The van der Waals surface area contributed by atoms with Gasteiger partial charge in [-0.1, -0.05) is 29.8 Å². The monoisotopic (exact) mass is 220 g/mol. The summed E-state index contributed by atoms with van der Waals surface area (Å²) in [4.78, 5) is 11.2. The second-order valence-electron chi connectivity index (χ2n) is 4.33. The molecule has 0 aliphatic carbocycles. The number of carboxylic acid groups (broad SMARTS) is 1. The number of carbonyl (C=O) groups is 1. The lowest BCUT2D eigenvalue weighted by molar-refractivity contribution is -0.146. The minimum Gasteiger partial charge on any atom is -0.481 e. The molecule has 1 aliphatic rings. The van der Waals surface area contributed by atoms with Crippen molar-refractivity contribution >= 4 is 5.97 Å². The molecule has 0 radical (unpaired) electrons. The Kier molecular flexibility index (Phi) is 3.25. The van der Waals surface area contributed by atoms with Crippen LogP contribution in [-0.2, 0) is 9.53 Å². The Balaban J connectivity index is 2.26. The topological polar surface area (TPSA) is 46.5 Å². The summed E-state index contributed by atoms with van der Waals surface area (Å²) in [6.45, 7) is 3.09. The van der Waals surface area contributed by atoms with Crippen LogP contribution in [0.15, 0.2) is 24.3 Å². The Morgan fingerprint density at radius 1 is 1.50 bits per heavy atom. The first-order valence-electron chi connectivity index (χ1n) is 5.55. The molecule has 1 fully saturated rings. The molecule has 1 aliphatic heterocycles. The largest absolute Gasteiger partial charge is 0.481 e. The summed E-state index contributed by atoms with van der Waals surface area (Å²) >= 11 is 0. The molecule has 86 valence electrons. The molecular weight excluding hydrogens is 204 g/mol. The first kappa shape index (κ1) is 11.1. The van der Waals surface area contributed by atoms with Crippen molar-refractivity contribution in [3.8, 4) is 0 Å². The van der Waals surface area contributed by atoms with Crippen LogP contribution in [0.5, 0.6) is 0 Å². The molecule has 3 heteroatoms. The number of aliphatic carboxylic acids is 1. The van der Waals surface area contributed by atoms with Gasteiger partial charge in [-0.3, -0.25) is 4.79 Å². The van der Waals surface area contributed by atoms with Gasteiger partial charge in [0.15, 0.2) is 0 Å². The van der Waals surface area contributed by atoms with Gasteiger partial charge >= 0.3 is 5.97 Å². The number of ether oxygens (including phenoxy) is 1. The predicted octanol–water partition coefficient (Wildman–Crippen LogP) is 2.20. The molecular formula is C13H16O3. The van der Waals surface area contributed by atoms with E-state index in [-0.39, 0.29) is 11.8 Å². The lowest BCUT2D eigenvalue weighted by Gasteiger charge is -2.29. The Morgan fingerprint density at radius 3 is 3.00 bits per heavy atom. The van der Waals surface area contributed by atoms with Crippen molar-refractivity contribution in [2.75, 3.05) is 13.2 Å². The van der Waals surface area contributed by atoms with Crippen molar-refractivity contribution < 1.29 is 14.6 Å². The smallest absolute Gasteiger partial charge is 0.307 e. The van der Waals surface area contributed by atoms with Crippen molar-refractivity contribution in [3.05, 3.63) is 35.4 Å². The van der Waals surface area contributed by atoms with Crippen LogP contribution in [0.1, 0.15) is 23.5 Å². The van der Waals surface area contributed by atoms with Gasteiger partial charge in [0.1, 0.15) is 0 Å². The van der Waals surface area contributed by atoms with Gasteiger partial charge in [-0.05, 0) is 18.9 Å². The van der Waals surface area contributed by atoms with E-state index in [1.807, 2.05) is 25.1 Å². The van der Waals surface area contributed by atoms with E-state index >= 15 is 0 Å². The average molecular weight is 220 g/mol. The molecule has 0 spiro atoms. The maximum absolute atomic E-state index is 11.2. The lowest BCUT2D eigenvalue weighted by atomic mass is 9.83. The minimum absolute atomic E-state index is 0.00819. The highest BCUT2D eigenvalue weighted by Crippen LogP contribution is 2.31. The van der Waals surface area contributed by atoms with Crippen LogP contribution in [0.25, 0.3) is 0 Å². The fraction of sp³-hybridized carbons (Fsp3) is 0.462. The normalized spacial score (nSPS) is 25.3. The van der Waals surface area contributed by atoms with E-state index in [1.54, 1.807) is 0 Å². The third-order valence-electron chi connectivity index (χ3n) is 3.14. The number of benzene rings is 1. The van der Waals surface area contributed by atoms with Gasteiger partial charge in [0.25, 0.3) is 0 Å². The number of hydrogen-bond acceptors (Lipinski definition) is 2. The average Bonchev–Trinajstić information content (AvgIpc) is 2.29. The molecule has 2 rings (SSSR count). The van der Waals surface area contributed by atoms with Gasteiger partial charge in [0.05, 0.1) is 12.5 Å². The Bertz CT molecular complexity index is 387. The summed E-state index contributed by atoms with van der Waals surface area (Å²) in [6, 6.07) is 8.03. The fourth-order valence-corrected chi connectivity index (χ4v) is 2.26. The van der Waals surface area contributed by atoms with Crippen molar-refractivity contribution in [2.45, 2.75) is 19.3 Å². The Labute approximate surface area is 95.0 Å². The highest BCUT2D eigenvalue weighted by Gasteiger charge is 2.32. The molecule has 3 nitrogen and oxygen atoms in total. The van der Waals surface area contributed by atoms with E-state index in [9.17, 15) is 9.90 Å². The molecule has 16 heavy (non-hydrogen) atoms. The standard InChI is InChI=1S/C13H16O3/c1-9-3-2-4-10(7-9)12-8-16-6-5-11(12)13(14)15/h2-4,7,11-12H,5-6,8H2,1H3,(H,14,15). The molecule has 1 aromatic rings. The highest BCUT2D eigenvalue weighted by atomic mass is 16.5. The zero-order chi connectivity index (χ0) is 11.5. The zero-order valence-corrected chi connectivity index (χ0v) is 9.35. The maximum atomic E-state index is 11.2. The maximum Gasteiger partial charge on any atom is 0.307 e. The van der Waals surface area contributed by atoms with Crippen LogP contribution in [-0.4, -0.2) is 24.3 Å². The molecule has 0 saturated carbocycles. The fourth-order valence-electron chi connectivity index (χ4n) is 2.26. The number of carboxylic acids is 1. The van der Waals surface area contributed by atoms with Crippen LogP contribution in [0, 0.1) is 12.8 Å². The molecule has 1 heterocycles. The van der Waals surface area contributed by atoms with E-state index < -0.39 is 5.97 Å². The third kappa shape index (κ3) is 2.25. The van der Waals surface area contributed by atoms with Gasteiger partial charge < -0.3 is 9.84 Å². The van der Waals surface area contributed by atoms with Crippen LogP contribution < -0.4 is 0 Å². The number of hydrogen-bond donors (Lipinski definition) is 1. The Hall–Kier alpha value is -1.35. The van der Waals surface area contributed by atoms with Gasteiger partial charge in [-0.25, -0.2) is 0 Å². The summed E-state index contributed by atoms with van der Waals surface area (Å²) in [5.74, 6) is -1.03. The summed E-state index contributed by atoms with van der Waals surface area (Å²) in [5.41, 5.74) is 2.24. The molecule has 1 N–H and O–H groups in total. The number of rotatable bonds is 2. The van der Waals surface area contributed by atoms with Gasteiger partial charge in [-0.2, -0.15) is 0 Å². The van der Waals surface area contributed by atoms with Crippen molar-refractivity contribution in [2.24, 2.45) is 5.92 Å². The van der Waals surface area contributed by atoms with E-state index in [0.29, 0.717) is 19.6 Å². The Morgan fingerprint density at radius 2 is 2.31 bits per heavy atom. The van der Waals surface area contributed by atoms with Crippen LogP contribution in [0.3, 0.4) is 0 Å². The highest BCUT2D eigenvalue weighted by molar-refractivity contribution is 5.71. The second kappa shape index (κ2) is 4.66. The molecule has 2 atom stereocenters. The molecule has 1 aromatic carbocycles. The lowest BCUT2D eigenvalue weighted by Crippen LogP contribution is -2.31. The van der Waals surface area contributed by atoms with Gasteiger partial charge in [-0.15, -0.1) is 0 Å². The molecule has 0 amide bonds. The van der Waals surface area contributed by atoms with Gasteiger partial charge in [0, 0.05) is 12.5 Å². The van der Waals surface area contributed by atoms with E-state index in [0.717, 1.165) is 11.1 Å². The third-order valence-corrected chi connectivity index (χ3v) is 3.14. The van der Waals surface area contributed by atoms with E-state index in [2.05, 4.69) is 6.07 Å². The van der Waals surface area contributed by atoms with Crippen molar-refractivity contribution in [3.63, 3.8) is 0 Å². The quantitative estimate of drug-likeness (QED) is 0.831. The molecule has 1 saturated heterocycles. The van der Waals surface area contributed by atoms with E-state index in [1.165, 1.54) is 0 Å². The van der Waals surface area contributed by atoms with Crippen LogP contribution >= 0.6 is 0 Å². The summed E-state index contributed by atoms with van der Waals surface area (Å²) < 4.78 is 5.39. The number of aryl methyl sites for hydroxylation is 1. The first-order valence-corrected chi connectivity index (χ1v) is 5.55. The first-order chi connectivity index (χ1) is 7.68. The summed E-state index contributed by atoms with van der Waals surface area (Å²) in [5, 5.41) is 9.18. The minimum atomic E-state index is -0.713. The summed E-state index contributed by atoms with van der Waals surface area (Å²) in [7, 11) is 0. The van der Waals surface area contributed by atoms with Crippen LogP contribution in [0.2, 0.25) is 0 Å². The van der Waals surface area contributed by atoms with Gasteiger partial charge in [0.2, 0.25) is 0 Å². The van der Waals surface area contributed by atoms with E-state index in [4.69, 9.17) is 4.74 Å². The van der Waals surface area contributed by atoms with Crippen LogP contribution in [0.4, 0.5) is 0 Å². The molecule has 2 unspecified atom stereocenters. The van der Waals surface area contributed by atoms with Crippen molar-refractivity contribution in [1.82, 2.24) is 0 Å². The molecule has 0 aromatic heterocycles.